The van der Waals surface area contributed by atoms with Crippen molar-refractivity contribution in [2.75, 3.05) is 13.1 Å². The van der Waals surface area contributed by atoms with E-state index in [2.05, 4.69) is 22.8 Å². The lowest BCUT2D eigenvalue weighted by molar-refractivity contribution is 0.0677. The van der Waals surface area contributed by atoms with Crippen LogP contribution in [0.3, 0.4) is 0 Å². The van der Waals surface area contributed by atoms with Crippen LogP contribution < -0.4 is 5.63 Å². The number of piperidine rings is 1. The molecule has 0 radical (unpaired) electrons. The fraction of sp³-hybridized carbons (Fsp3) is 0.381. The summed E-state index contributed by atoms with van der Waals surface area (Å²) < 4.78 is 7.36. The van der Waals surface area contributed by atoms with Crippen molar-refractivity contribution in [3.05, 3.63) is 63.8 Å². The van der Waals surface area contributed by atoms with Gasteiger partial charge in [0.15, 0.2) is 0 Å². The van der Waals surface area contributed by atoms with Crippen LogP contribution in [0, 0.1) is 19.8 Å². The molecule has 0 unspecified atom stereocenters. The molecule has 0 aliphatic carbocycles. The Balaban J connectivity index is 1.45. The summed E-state index contributed by atoms with van der Waals surface area (Å²) in [6.07, 6.45) is 1.81. The number of aryl methyl sites for hydroxylation is 2. The van der Waals surface area contributed by atoms with Gasteiger partial charge >= 0.3 is 5.63 Å². The maximum Gasteiger partial charge on any atom is 0.349 e. The molecule has 6 nitrogen and oxygen atoms in total. The summed E-state index contributed by atoms with van der Waals surface area (Å²) >= 11 is 0. The number of hydrogen-bond acceptors (Lipinski definition) is 4. The van der Waals surface area contributed by atoms with E-state index in [0.717, 1.165) is 30.5 Å². The van der Waals surface area contributed by atoms with Gasteiger partial charge in [0.25, 0.3) is 5.91 Å². The Morgan fingerprint density at radius 2 is 1.93 bits per heavy atom. The van der Waals surface area contributed by atoms with Crippen molar-refractivity contribution in [3.8, 4) is 0 Å². The number of amides is 1. The zero-order valence-corrected chi connectivity index (χ0v) is 15.6. The average molecular weight is 365 g/mol. The summed E-state index contributed by atoms with van der Waals surface area (Å²) in [6.45, 7) is 6.24. The van der Waals surface area contributed by atoms with Crippen LogP contribution in [0.4, 0.5) is 0 Å². The first-order chi connectivity index (χ1) is 13.0. The molecule has 0 N–H and O–H groups in total. The summed E-state index contributed by atoms with van der Waals surface area (Å²) in [6, 6.07) is 11.0. The van der Waals surface area contributed by atoms with Crippen molar-refractivity contribution in [1.29, 1.82) is 0 Å². The SMILES string of the molecule is Cc1cc(C)n(CC2CCN(C(=O)c3cc4ccccc4oc3=O)CC2)n1. The molecule has 1 fully saturated rings. The van der Waals surface area contributed by atoms with E-state index in [1.165, 1.54) is 5.69 Å². The lowest BCUT2D eigenvalue weighted by Crippen LogP contribution is -2.41. The predicted octanol–water partition coefficient (Wildman–Crippen LogP) is 3.16. The Morgan fingerprint density at radius 1 is 1.19 bits per heavy atom. The number of likely N-dealkylation sites (tertiary alicyclic amines) is 1. The number of carbonyl (C=O) groups is 1. The van der Waals surface area contributed by atoms with Crippen LogP contribution in [0.5, 0.6) is 0 Å². The van der Waals surface area contributed by atoms with Crippen LogP contribution in [0.25, 0.3) is 11.0 Å². The van der Waals surface area contributed by atoms with Gasteiger partial charge in [-0.15, -0.1) is 0 Å². The predicted molar refractivity (Wildman–Crippen MR) is 103 cm³/mol. The second-order valence-corrected chi connectivity index (χ2v) is 7.33. The molecule has 0 atom stereocenters. The number of para-hydroxylation sites is 1. The highest BCUT2D eigenvalue weighted by Gasteiger charge is 2.26. The maximum atomic E-state index is 12.8. The van der Waals surface area contributed by atoms with E-state index >= 15 is 0 Å². The molecule has 27 heavy (non-hydrogen) atoms. The van der Waals surface area contributed by atoms with Gasteiger partial charge in [-0.3, -0.25) is 9.48 Å². The minimum atomic E-state index is -0.566. The highest BCUT2D eigenvalue weighted by molar-refractivity contribution is 5.96. The van der Waals surface area contributed by atoms with Gasteiger partial charge in [0.2, 0.25) is 0 Å². The van der Waals surface area contributed by atoms with Crippen LogP contribution >= 0.6 is 0 Å². The van der Waals surface area contributed by atoms with Crippen molar-refractivity contribution in [2.24, 2.45) is 5.92 Å². The fourth-order valence-electron chi connectivity index (χ4n) is 3.80. The van der Waals surface area contributed by atoms with Crippen molar-refractivity contribution in [3.63, 3.8) is 0 Å². The first-order valence-electron chi connectivity index (χ1n) is 9.34. The van der Waals surface area contributed by atoms with Gasteiger partial charge in [-0.05, 0) is 50.8 Å². The summed E-state index contributed by atoms with van der Waals surface area (Å²) in [5.74, 6) is 0.249. The van der Waals surface area contributed by atoms with Gasteiger partial charge < -0.3 is 9.32 Å². The molecule has 3 aromatic rings. The number of hydrogen-bond donors (Lipinski definition) is 0. The van der Waals surface area contributed by atoms with Crippen molar-refractivity contribution in [2.45, 2.75) is 33.2 Å². The van der Waals surface area contributed by atoms with E-state index in [1.54, 1.807) is 23.1 Å². The first-order valence-corrected chi connectivity index (χ1v) is 9.34. The highest BCUT2D eigenvalue weighted by atomic mass is 16.4. The highest BCUT2D eigenvalue weighted by Crippen LogP contribution is 2.22. The molecule has 1 aliphatic rings. The third-order valence-corrected chi connectivity index (χ3v) is 5.31. The molecule has 1 amide bonds. The third kappa shape index (κ3) is 3.52. The molecular formula is C21H23N3O3. The van der Waals surface area contributed by atoms with Crippen LogP contribution in [-0.4, -0.2) is 33.7 Å². The number of rotatable bonds is 3. The molecule has 2 aromatic heterocycles. The Morgan fingerprint density at radius 3 is 2.63 bits per heavy atom. The van der Waals surface area contributed by atoms with Crippen LogP contribution in [0.1, 0.15) is 34.6 Å². The van der Waals surface area contributed by atoms with E-state index in [4.69, 9.17) is 4.42 Å². The van der Waals surface area contributed by atoms with Crippen molar-refractivity contribution >= 4 is 16.9 Å². The molecular weight excluding hydrogens is 342 g/mol. The number of aromatic nitrogens is 2. The maximum absolute atomic E-state index is 12.8. The standard InChI is InChI=1S/C21H23N3O3/c1-14-11-15(2)24(22-14)13-16-7-9-23(10-8-16)20(25)18-12-17-5-3-4-6-19(17)27-21(18)26/h3-6,11-12,16H,7-10,13H2,1-2H3. The molecule has 1 aliphatic heterocycles. The van der Waals surface area contributed by atoms with Crippen molar-refractivity contribution in [1.82, 2.24) is 14.7 Å². The van der Waals surface area contributed by atoms with Gasteiger partial charge in [0.1, 0.15) is 11.1 Å². The summed E-state index contributed by atoms with van der Waals surface area (Å²) in [7, 11) is 0. The lowest BCUT2D eigenvalue weighted by Gasteiger charge is -2.32. The number of fused-ring (bicyclic) bond motifs is 1. The number of carbonyl (C=O) groups excluding carboxylic acids is 1. The second kappa shape index (κ2) is 7.02. The Bertz CT molecular complexity index is 1040. The molecule has 4 rings (SSSR count). The number of nitrogens with zero attached hydrogens (tertiary/aromatic N) is 3. The third-order valence-electron chi connectivity index (χ3n) is 5.31. The monoisotopic (exact) mass is 365 g/mol. The number of benzene rings is 1. The molecule has 140 valence electrons. The molecule has 1 saturated heterocycles. The quantitative estimate of drug-likeness (QED) is 0.669. The van der Waals surface area contributed by atoms with E-state index in [-0.39, 0.29) is 11.5 Å². The second-order valence-electron chi connectivity index (χ2n) is 7.33. The lowest BCUT2D eigenvalue weighted by atomic mass is 9.96. The molecule has 0 spiro atoms. The summed E-state index contributed by atoms with van der Waals surface area (Å²) in [4.78, 5) is 26.8. The van der Waals surface area contributed by atoms with E-state index < -0.39 is 5.63 Å². The van der Waals surface area contributed by atoms with E-state index in [0.29, 0.717) is 24.6 Å². The smallest absolute Gasteiger partial charge is 0.349 e. The van der Waals surface area contributed by atoms with Crippen LogP contribution in [0.2, 0.25) is 0 Å². The summed E-state index contributed by atoms with van der Waals surface area (Å²) in [5.41, 5.74) is 2.25. The molecule has 1 aromatic carbocycles. The van der Waals surface area contributed by atoms with E-state index in [9.17, 15) is 9.59 Å². The Labute approximate surface area is 157 Å². The largest absolute Gasteiger partial charge is 0.422 e. The van der Waals surface area contributed by atoms with Gasteiger partial charge in [0, 0.05) is 30.7 Å². The summed E-state index contributed by atoms with van der Waals surface area (Å²) in [5, 5.41) is 5.29. The molecule has 3 heterocycles. The van der Waals surface area contributed by atoms with Crippen LogP contribution in [-0.2, 0) is 6.54 Å². The first kappa shape index (κ1) is 17.5. The van der Waals surface area contributed by atoms with Gasteiger partial charge in [-0.25, -0.2) is 4.79 Å². The Hall–Kier alpha value is -2.89. The fourth-order valence-corrected chi connectivity index (χ4v) is 3.80. The van der Waals surface area contributed by atoms with Crippen molar-refractivity contribution < 1.29 is 9.21 Å². The molecule has 6 heteroatoms. The zero-order valence-electron chi connectivity index (χ0n) is 15.6. The molecule has 0 saturated carbocycles. The minimum Gasteiger partial charge on any atom is -0.422 e. The average Bonchev–Trinajstić information content (AvgIpc) is 2.98. The van der Waals surface area contributed by atoms with Crippen LogP contribution in [0.15, 0.2) is 45.6 Å². The topological polar surface area (TPSA) is 68.3 Å². The van der Waals surface area contributed by atoms with Gasteiger partial charge in [-0.2, -0.15) is 5.10 Å². The van der Waals surface area contributed by atoms with Gasteiger partial charge in [0.05, 0.1) is 5.69 Å². The minimum absolute atomic E-state index is 0.116. The zero-order chi connectivity index (χ0) is 19.0. The van der Waals surface area contributed by atoms with E-state index in [1.807, 2.05) is 19.1 Å². The molecule has 0 bridgehead atoms. The normalized spacial score (nSPS) is 15.4. The Kier molecular flexibility index (Phi) is 4.56. The van der Waals surface area contributed by atoms with Gasteiger partial charge in [-0.1, -0.05) is 18.2 Å².